The molecule has 0 saturated carbocycles. The summed E-state index contributed by atoms with van der Waals surface area (Å²) in [6, 6.07) is 0. The predicted octanol–water partition coefficient (Wildman–Crippen LogP) is 4.58. The van der Waals surface area contributed by atoms with E-state index in [0.717, 1.165) is 0 Å². The van der Waals surface area contributed by atoms with Gasteiger partial charge >= 0.3 is 24.3 Å². The Morgan fingerprint density at radius 2 is 0.800 bits per heavy atom. The number of rotatable bonds is 0. The average Bonchev–Trinajstić information content (AvgIpc) is 2.27. The van der Waals surface area contributed by atoms with Crippen LogP contribution < -0.4 is 0 Å². The van der Waals surface area contributed by atoms with E-state index in [1.807, 2.05) is 0 Å². The van der Waals surface area contributed by atoms with Gasteiger partial charge in [-0.1, -0.05) is 18.1 Å². The summed E-state index contributed by atoms with van der Waals surface area (Å²) < 4.78 is 0. The predicted molar refractivity (Wildman–Crippen MR) is 72.0 cm³/mol. The molecule has 0 spiro atoms. The fourth-order valence-corrected chi connectivity index (χ4v) is 1.41. The minimum Gasteiger partial charge on any atom is -0.358 e. The summed E-state index contributed by atoms with van der Waals surface area (Å²) in [5, 5.41) is 0. The summed E-state index contributed by atoms with van der Waals surface area (Å²) in [4.78, 5) is 3.33. The Balaban J connectivity index is -0.000000114. The summed E-state index contributed by atoms with van der Waals surface area (Å²) in [6.45, 7) is 11.0. The van der Waals surface area contributed by atoms with E-state index in [1.165, 1.54) is 47.6 Å². The van der Waals surface area contributed by atoms with Gasteiger partial charge in [-0.25, -0.2) is 0 Å². The van der Waals surface area contributed by atoms with E-state index < -0.39 is 0 Å². The van der Waals surface area contributed by atoms with Crippen LogP contribution in [0.3, 0.4) is 0 Å². The Kier molecular flexibility index (Phi) is 17.1. The first-order chi connectivity index (χ1) is 5.55. The molecule has 1 heteroatoms. The minimum atomic E-state index is 0. The van der Waals surface area contributed by atoms with Crippen molar-refractivity contribution in [1.82, 2.24) is 0 Å². The molecule has 0 atom stereocenters. The Hall–Kier alpha value is 0.0383. The van der Waals surface area contributed by atoms with Gasteiger partial charge in [-0.3, -0.25) is 0 Å². The first-order valence-corrected chi connectivity index (χ1v) is 6.11. The van der Waals surface area contributed by atoms with Crippen LogP contribution in [0.25, 0.3) is 0 Å². The van der Waals surface area contributed by atoms with Crippen LogP contribution in [-0.4, -0.2) is 4.90 Å². The van der Waals surface area contributed by atoms with Gasteiger partial charge in [-0.2, -0.15) is 0 Å². The van der Waals surface area contributed by atoms with Crippen molar-refractivity contribution in [3.8, 4) is 0 Å². The van der Waals surface area contributed by atoms with Crippen molar-refractivity contribution in [2.45, 2.75) is 34.6 Å². The van der Waals surface area contributed by atoms with Crippen molar-refractivity contribution in [2.24, 2.45) is 0 Å². The van der Waals surface area contributed by atoms with Gasteiger partial charge in [-0.15, -0.1) is 0 Å². The molecule has 0 saturated heterocycles. The molecule has 1 aliphatic rings. The zero-order valence-corrected chi connectivity index (χ0v) is 14.5. The maximum atomic E-state index is 3.33. The molecule has 0 nitrogen and oxygen atoms in total. The van der Waals surface area contributed by atoms with E-state index in [9.17, 15) is 0 Å². The molecule has 0 aromatic carbocycles. The van der Waals surface area contributed by atoms with Crippen molar-refractivity contribution < 1.29 is 19.4 Å². The molecule has 0 aliphatic heterocycles. The molecule has 0 aromatic heterocycles. The second-order valence-corrected chi connectivity index (χ2v) is 3.12. The summed E-state index contributed by atoms with van der Waals surface area (Å²) >= 11 is 1.33. The van der Waals surface area contributed by atoms with E-state index >= 15 is 0 Å². The van der Waals surface area contributed by atoms with Crippen molar-refractivity contribution in [1.29, 1.82) is 0 Å². The van der Waals surface area contributed by atoms with Crippen LogP contribution in [0.5, 0.6) is 0 Å². The molecule has 1 radical (unpaired) electrons. The zero-order chi connectivity index (χ0) is 9.89. The van der Waals surface area contributed by atoms with Gasteiger partial charge in [0.1, 0.15) is 0 Å². The molecular weight excluding hydrogens is 352 g/mol. The number of allylic oxidation sites excluding steroid dienone is 4. The first-order valence-electron chi connectivity index (χ1n) is 4.04. The van der Waals surface area contributed by atoms with Crippen LogP contribution in [0, 0.1) is 28.2 Å². The smallest absolute Gasteiger partial charge is 0.358 e. The normalized spacial score (nSPS) is 14.5. The molecular formula is C14H26W-3. The van der Waals surface area contributed by atoms with E-state index in [2.05, 4.69) is 39.5 Å². The van der Waals surface area contributed by atoms with Crippen molar-refractivity contribution in [3.63, 3.8) is 0 Å². The van der Waals surface area contributed by atoms with Crippen LogP contribution >= 0.6 is 0 Å². The second-order valence-electron chi connectivity index (χ2n) is 3.12. The molecule has 15 heavy (non-hydrogen) atoms. The van der Waals surface area contributed by atoms with Crippen LogP contribution in [0.4, 0.5) is 0 Å². The first kappa shape index (κ1) is 24.3. The molecule has 0 amide bonds. The maximum Gasteiger partial charge on any atom is -0.358 e. The van der Waals surface area contributed by atoms with Gasteiger partial charge in [0.2, 0.25) is 0 Å². The molecule has 1 aliphatic carbocycles. The average molecular weight is 378 g/mol. The third-order valence-corrected chi connectivity index (χ3v) is 2.81. The van der Waals surface area contributed by atoms with E-state index in [4.69, 9.17) is 0 Å². The fraction of sp³-hybridized carbons (Fsp3) is 0.357. The Morgan fingerprint density at radius 3 is 0.867 bits per heavy atom. The third-order valence-electron chi connectivity index (χ3n) is 2.81. The van der Waals surface area contributed by atoms with Gasteiger partial charge in [0.05, 0.1) is 0 Å². The molecule has 0 unspecified atom stereocenters. The standard InChI is InChI=1S/C10H15.3CH3.CH2.W/c1-6-7(2)9(4)10(5)8(6)3;;;;;/h1-5H3;3*1H3;1H2;/q;3*-1;;. The molecule has 0 bridgehead atoms. The summed E-state index contributed by atoms with van der Waals surface area (Å²) in [6.07, 6.45) is 0. The van der Waals surface area contributed by atoms with Gasteiger partial charge in [0.15, 0.2) is 0 Å². The molecule has 0 heterocycles. The van der Waals surface area contributed by atoms with Gasteiger partial charge in [0.25, 0.3) is 0 Å². The number of hydrogen-bond donors (Lipinski definition) is 0. The van der Waals surface area contributed by atoms with Gasteiger partial charge in [0, 0.05) is 5.92 Å². The van der Waals surface area contributed by atoms with Crippen LogP contribution in [0.15, 0.2) is 22.3 Å². The molecule has 0 N–H and O–H groups in total. The summed E-state index contributed by atoms with van der Waals surface area (Å²) in [5.41, 5.74) is 5.87. The van der Waals surface area contributed by atoms with Crippen molar-refractivity contribution in [3.05, 3.63) is 50.5 Å². The van der Waals surface area contributed by atoms with Gasteiger partial charge in [-0.05, 0) is 38.8 Å². The SMILES string of the molecule is C[C]1C(C)=C(C)C(C)=C1C.[CH2]=[W].[CH3-].[CH3-].[CH3-]. The quantitative estimate of drug-likeness (QED) is 0.542. The Labute approximate surface area is 109 Å². The van der Waals surface area contributed by atoms with Crippen LogP contribution in [-0.2, 0) is 19.4 Å². The Morgan fingerprint density at radius 1 is 0.600 bits per heavy atom. The molecule has 91 valence electrons. The van der Waals surface area contributed by atoms with Gasteiger partial charge < -0.3 is 22.3 Å². The van der Waals surface area contributed by atoms with Crippen molar-refractivity contribution >= 4 is 4.90 Å². The van der Waals surface area contributed by atoms with Crippen LogP contribution in [0.2, 0.25) is 0 Å². The zero-order valence-electron chi connectivity index (χ0n) is 11.6. The largest absolute Gasteiger partial charge is 0.358 e. The molecule has 0 aromatic rings. The minimum absolute atomic E-state index is 0. The third kappa shape index (κ3) is 5.07. The van der Waals surface area contributed by atoms with Crippen molar-refractivity contribution in [2.75, 3.05) is 0 Å². The van der Waals surface area contributed by atoms with E-state index in [1.54, 1.807) is 0 Å². The van der Waals surface area contributed by atoms with E-state index in [-0.39, 0.29) is 22.3 Å². The topological polar surface area (TPSA) is 0 Å². The Bertz CT molecular complexity index is 210. The fourth-order valence-electron chi connectivity index (χ4n) is 1.41. The van der Waals surface area contributed by atoms with Crippen LogP contribution in [0.1, 0.15) is 34.6 Å². The molecule has 1 rings (SSSR count). The monoisotopic (exact) mass is 378 g/mol. The van der Waals surface area contributed by atoms with E-state index in [0.29, 0.717) is 0 Å². The molecule has 0 fully saturated rings. The summed E-state index contributed by atoms with van der Waals surface area (Å²) in [5.74, 6) is 1.47. The second kappa shape index (κ2) is 10.6. The number of hydrogen-bond acceptors (Lipinski definition) is 0. The summed E-state index contributed by atoms with van der Waals surface area (Å²) in [7, 11) is 0. The maximum absolute atomic E-state index is 3.33.